The zero-order valence-electron chi connectivity index (χ0n) is 12.6. The number of carboxylic acid groups (broad SMARTS) is 1. The van der Waals surface area contributed by atoms with Crippen LogP contribution in [0, 0.1) is 5.82 Å². The fraction of sp³-hybridized carbons (Fsp3) is 0.588. The van der Waals surface area contributed by atoms with Gasteiger partial charge in [-0.05, 0) is 31.9 Å². The second-order valence-corrected chi connectivity index (χ2v) is 5.77. The summed E-state index contributed by atoms with van der Waals surface area (Å²) in [6, 6.07) is 6.15. The average Bonchev–Trinajstić information content (AvgIpc) is 2.49. The topological polar surface area (TPSA) is 40.5 Å². The van der Waals surface area contributed by atoms with Gasteiger partial charge in [0.05, 0.1) is 0 Å². The Morgan fingerprint density at radius 2 is 2.19 bits per heavy atom. The van der Waals surface area contributed by atoms with Gasteiger partial charge in [0.1, 0.15) is 11.9 Å². The number of carboxylic acids is 1. The Bertz CT molecular complexity index is 478. The fourth-order valence-corrected chi connectivity index (χ4v) is 3.23. The van der Waals surface area contributed by atoms with Crippen molar-refractivity contribution in [3.63, 3.8) is 0 Å². The molecular weight excluding hydrogens is 269 g/mol. The van der Waals surface area contributed by atoms with E-state index in [2.05, 4.69) is 6.92 Å². The van der Waals surface area contributed by atoms with E-state index in [-0.39, 0.29) is 11.9 Å². The number of rotatable bonds is 6. The van der Waals surface area contributed by atoms with Crippen molar-refractivity contribution in [3.05, 3.63) is 35.6 Å². The molecule has 1 aliphatic heterocycles. The first kappa shape index (κ1) is 16.0. The number of hydrogen-bond donors (Lipinski definition) is 1. The van der Waals surface area contributed by atoms with Gasteiger partial charge >= 0.3 is 5.97 Å². The third-order valence-corrected chi connectivity index (χ3v) is 4.32. The van der Waals surface area contributed by atoms with E-state index in [4.69, 9.17) is 0 Å². The highest BCUT2D eigenvalue weighted by Crippen LogP contribution is 2.33. The molecule has 1 saturated heterocycles. The molecule has 0 saturated carbocycles. The van der Waals surface area contributed by atoms with E-state index < -0.39 is 12.0 Å². The van der Waals surface area contributed by atoms with E-state index in [0.717, 1.165) is 38.6 Å². The maximum atomic E-state index is 14.2. The van der Waals surface area contributed by atoms with Crippen LogP contribution in [0.2, 0.25) is 0 Å². The second-order valence-electron chi connectivity index (χ2n) is 5.77. The molecular formula is C17H24FNO2. The maximum Gasteiger partial charge on any atom is 0.320 e. The molecule has 0 aromatic heterocycles. The number of benzene rings is 1. The highest BCUT2D eigenvalue weighted by Gasteiger charge is 2.34. The molecule has 2 rings (SSSR count). The molecule has 1 aromatic rings. The van der Waals surface area contributed by atoms with Crippen LogP contribution in [0.3, 0.4) is 0 Å². The van der Waals surface area contributed by atoms with Gasteiger partial charge in [-0.15, -0.1) is 0 Å². The zero-order valence-corrected chi connectivity index (χ0v) is 12.6. The lowest BCUT2D eigenvalue weighted by molar-refractivity contribution is -0.146. The molecule has 1 aliphatic rings. The van der Waals surface area contributed by atoms with E-state index >= 15 is 0 Å². The number of piperidine rings is 1. The summed E-state index contributed by atoms with van der Waals surface area (Å²) in [4.78, 5) is 13.5. The lowest BCUT2D eigenvalue weighted by Gasteiger charge is -2.39. The Kier molecular flexibility index (Phi) is 5.74. The van der Waals surface area contributed by atoms with Crippen molar-refractivity contribution in [1.29, 1.82) is 0 Å². The highest BCUT2D eigenvalue weighted by atomic mass is 19.1. The van der Waals surface area contributed by atoms with Crippen molar-refractivity contribution >= 4 is 5.97 Å². The first-order chi connectivity index (χ1) is 10.1. The Hall–Kier alpha value is -1.42. The van der Waals surface area contributed by atoms with Crippen LogP contribution in [0.25, 0.3) is 0 Å². The van der Waals surface area contributed by atoms with Gasteiger partial charge in [-0.3, -0.25) is 9.69 Å². The van der Waals surface area contributed by atoms with Crippen LogP contribution in [0.15, 0.2) is 24.3 Å². The van der Waals surface area contributed by atoms with Gasteiger partial charge in [0.15, 0.2) is 0 Å². The molecule has 116 valence electrons. The molecule has 0 radical (unpaired) electrons. The lowest BCUT2D eigenvalue weighted by Crippen LogP contribution is -2.46. The minimum atomic E-state index is -0.785. The minimum Gasteiger partial charge on any atom is -0.480 e. The molecule has 1 fully saturated rings. The van der Waals surface area contributed by atoms with E-state index in [9.17, 15) is 14.3 Å². The summed E-state index contributed by atoms with van der Waals surface area (Å²) in [5.74, 6) is -1.01. The van der Waals surface area contributed by atoms with Crippen LogP contribution >= 0.6 is 0 Å². The highest BCUT2D eigenvalue weighted by molar-refractivity contribution is 5.73. The monoisotopic (exact) mass is 293 g/mol. The van der Waals surface area contributed by atoms with Crippen LogP contribution in [-0.2, 0) is 4.79 Å². The summed E-state index contributed by atoms with van der Waals surface area (Å²) >= 11 is 0. The first-order valence-corrected chi connectivity index (χ1v) is 7.88. The molecule has 0 amide bonds. The van der Waals surface area contributed by atoms with Crippen LogP contribution in [0.4, 0.5) is 4.39 Å². The summed E-state index contributed by atoms with van der Waals surface area (Å²) in [6.45, 7) is 2.84. The molecule has 1 aromatic carbocycles. The van der Waals surface area contributed by atoms with Crippen LogP contribution in [0.1, 0.15) is 57.1 Å². The molecule has 0 aliphatic carbocycles. The normalized spacial score (nSPS) is 21.1. The molecule has 1 heterocycles. The van der Waals surface area contributed by atoms with Crippen molar-refractivity contribution in [2.75, 3.05) is 6.54 Å². The first-order valence-electron chi connectivity index (χ1n) is 7.88. The van der Waals surface area contributed by atoms with E-state index in [1.807, 2.05) is 11.0 Å². The second kappa shape index (κ2) is 7.55. The van der Waals surface area contributed by atoms with Crippen LogP contribution in [0.5, 0.6) is 0 Å². The Labute approximate surface area is 125 Å². The Balaban J connectivity index is 2.30. The standard InChI is InChI=1S/C17H24FNO2/c1-2-3-10-15(13-8-4-5-9-14(13)18)19-12-7-6-11-16(19)17(20)21/h4-5,8-9,15-16H,2-3,6-7,10-12H2,1H3,(H,20,21). The van der Waals surface area contributed by atoms with Gasteiger partial charge in [-0.1, -0.05) is 44.4 Å². The predicted octanol–water partition coefficient (Wildman–Crippen LogP) is 4.00. The Morgan fingerprint density at radius 3 is 2.86 bits per heavy atom. The van der Waals surface area contributed by atoms with Crippen LogP contribution < -0.4 is 0 Å². The number of halogens is 1. The van der Waals surface area contributed by atoms with Gasteiger partial charge in [0, 0.05) is 11.6 Å². The third kappa shape index (κ3) is 3.82. The summed E-state index contributed by atoms with van der Waals surface area (Å²) in [7, 11) is 0. The van der Waals surface area contributed by atoms with Gasteiger partial charge in [-0.25, -0.2) is 4.39 Å². The minimum absolute atomic E-state index is 0.132. The van der Waals surface area contributed by atoms with Crippen molar-refractivity contribution in [2.24, 2.45) is 0 Å². The van der Waals surface area contributed by atoms with E-state index in [0.29, 0.717) is 12.0 Å². The van der Waals surface area contributed by atoms with E-state index in [1.165, 1.54) is 6.07 Å². The van der Waals surface area contributed by atoms with Crippen molar-refractivity contribution < 1.29 is 14.3 Å². The Morgan fingerprint density at radius 1 is 1.43 bits per heavy atom. The van der Waals surface area contributed by atoms with Gasteiger partial charge in [0.2, 0.25) is 0 Å². The summed E-state index contributed by atoms with van der Waals surface area (Å²) < 4.78 is 14.2. The zero-order chi connectivity index (χ0) is 15.2. The molecule has 21 heavy (non-hydrogen) atoms. The third-order valence-electron chi connectivity index (χ3n) is 4.32. The maximum absolute atomic E-state index is 14.2. The number of carbonyl (C=O) groups is 1. The fourth-order valence-electron chi connectivity index (χ4n) is 3.23. The summed E-state index contributed by atoms with van der Waals surface area (Å²) in [5.41, 5.74) is 0.638. The number of likely N-dealkylation sites (tertiary alicyclic amines) is 1. The van der Waals surface area contributed by atoms with E-state index in [1.54, 1.807) is 12.1 Å². The van der Waals surface area contributed by atoms with Gasteiger partial charge < -0.3 is 5.11 Å². The molecule has 3 nitrogen and oxygen atoms in total. The molecule has 2 unspecified atom stereocenters. The quantitative estimate of drug-likeness (QED) is 0.862. The average molecular weight is 293 g/mol. The van der Waals surface area contributed by atoms with Crippen LogP contribution in [-0.4, -0.2) is 28.6 Å². The smallest absolute Gasteiger partial charge is 0.320 e. The molecule has 0 spiro atoms. The van der Waals surface area contributed by atoms with Gasteiger partial charge in [0.25, 0.3) is 0 Å². The van der Waals surface area contributed by atoms with Crippen molar-refractivity contribution in [1.82, 2.24) is 4.90 Å². The SMILES string of the molecule is CCCCC(c1ccccc1F)N1CCCCC1C(=O)O. The van der Waals surface area contributed by atoms with Crippen molar-refractivity contribution in [3.8, 4) is 0 Å². The predicted molar refractivity (Wildman–Crippen MR) is 80.6 cm³/mol. The number of unbranched alkanes of at least 4 members (excludes halogenated alkanes) is 1. The summed E-state index contributed by atoms with van der Waals surface area (Å²) in [5, 5.41) is 9.46. The van der Waals surface area contributed by atoms with Gasteiger partial charge in [-0.2, -0.15) is 0 Å². The summed E-state index contributed by atoms with van der Waals surface area (Å²) in [6.07, 6.45) is 5.39. The molecule has 4 heteroatoms. The number of aliphatic carboxylic acids is 1. The van der Waals surface area contributed by atoms with Crippen molar-refractivity contribution in [2.45, 2.75) is 57.5 Å². The largest absolute Gasteiger partial charge is 0.480 e. The number of nitrogens with zero attached hydrogens (tertiary/aromatic N) is 1. The number of hydrogen-bond acceptors (Lipinski definition) is 2. The lowest BCUT2D eigenvalue weighted by atomic mass is 9.93. The molecule has 0 bridgehead atoms. The molecule has 1 N–H and O–H groups in total. The molecule has 2 atom stereocenters.